The molecule has 0 amide bonds. The summed E-state index contributed by atoms with van der Waals surface area (Å²) >= 11 is 0. The number of rotatable bonds is 9. The summed E-state index contributed by atoms with van der Waals surface area (Å²) in [4.78, 5) is 10.0. The number of phenolic OH excluding ortho intramolecular Hbond substituents is 1. The summed E-state index contributed by atoms with van der Waals surface area (Å²) in [5.41, 5.74) is -2.30. The van der Waals surface area contributed by atoms with E-state index in [4.69, 9.17) is 34.6 Å². The van der Waals surface area contributed by atoms with Crippen LogP contribution in [-0.4, -0.2) is 19.6 Å². The van der Waals surface area contributed by atoms with E-state index >= 15 is 0 Å². The van der Waals surface area contributed by atoms with Crippen LogP contribution in [0.1, 0.15) is 102 Å². The van der Waals surface area contributed by atoms with Gasteiger partial charge in [-0.05, 0) is 93.8 Å². The third-order valence-electron chi connectivity index (χ3n) is 11.6. The molecular weight excluding hydrogens is 986 g/mol. The van der Waals surface area contributed by atoms with E-state index in [1.54, 1.807) is 30.5 Å². The van der Waals surface area contributed by atoms with Crippen LogP contribution in [0.5, 0.6) is 5.75 Å². The van der Waals surface area contributed by atoms with E-state index in [-0.39, 0.29) is 38.0 Å². The summed E-state index contributed by atoms with van der Waals surface area (Å²) in [6.07, 6.45) is 2.32. The van der Waals surface area contributed by atoms with Crippen LogP contribution >= 0.6 is 0 Å². The van der Waals surface area contributed by atoms with E-state index in [0.717, 1.165) is 39.4 Å². The largest absolute Gasteiger partial charge is 0.507 e. The van der Waals surface area contributed by atoms with E-state index in [9.17, 15) is 5.11 Å². The number of aromatic hydroxyl groups is 1. The number of phenols is 1. The fraction of sp³-hybridized carbons (Fsp3) is 0.213. The van der Waals surface area contributed by atoms with Crippen molar-refractivity contribution in [2.45, 2.75) is 79.1 Å². The molecule has 7 aromatic carbocycles. The predicted molar refractivity (Wildman–Crippen MR) is 273 cm³/mol. The van der Waals surface area contributed by atoms with Gasteiger partial charge in [0.25, 0.3) is 0 Å². The van der Waals surface area contributed by atoms with E-state index in [1.807, 2.05) is 142 Å². The molecule has 0 aliphatic heterocycles. The first-order valence-corrected chi connectivity index (χ1v) is 21.4. The molecule has 0 saturated heterocycles. The number of hydrogen-bond acceptors (Lipinski definition) is 3. The maximum absolute atomic E-state index is 13.1. The topological polar surface area (TPSA) is 50.9 Å². The number of aromatic nitrogens is 3. The second-order valence-corrected chi connectivity index (χ2v) is 17.0. The number of benzene rings is 7. The van der Waals surface area contributed by atoms with E-state index in [0.29, 0.717) is 51.7 Å². The molecular formula is C61H58N3OPt-. The van der Waals surface area contributed by atoms with Crippen molar-refractivity contribution in [3.63, 3.8) is 0 Å². The maximum Gasteiger partial charge on any atom is 0.148 e. The van der Waals surface area contributed by atoms with Crippen molar-refractivity contribution in [2.24, 2.45) is 5.92 Å². The van der Waals surface area contributed by atoms with Gasteiger partial charge in [-0.1, -0.05) is 192 Å². The molecule has 0 saturated carbocycles. The maximum atomic E-state index is 13.1. The molecule has 0 aliphatic rings. The minimum Gasteiger partial charge on any atom is -0.507 e. The third-order valence-corrected chi connectivity index (χ3v) is 11.6. The summed E-state index contributed by atoms with van der Waals surface area (Å²) in [6, 6.07) is 49.7. The molecule has 66 heavy (non-hydrogen) atoms. The summed E-state index contributed by atoms with van der Waals surface area (Å²) in [5, 5.41) is 13.1. The molecule has 9 aromatic rings. The summed E-state index contributed by atoms with van der Waals surface area (Å²) in [6.45, 7) is -18.5. The predicted octanol–water partition coefficient (Wildman–Crippen LogP) is 16.0. The summed E-state index contributed by atoms with van der Waals surface area (Å²) in [5.74, 6) is -1.59. The molecule has 334 valence electrons. The summed E-state index contributed by atoms with van der Waals surface area (Å²) in [7, 11) is 0. The van der Waals surface area contributed by atoms with Crippen molar-refractivity contribution in [1.82, 2.24) is 14.5 Å². The van der Waals surface area contributed by atoms with Gasteiger partial charge in [-0.25, -0.2) is 4.98 Å². The average Bonchev–Trinajstić information content (AvgIpc) is 0.815. The van der Waals surface area contributed by atoms with Crippen LogP contribution in [-0.2, 0) is 38.3 Å². The molecule has 2 aromatic heterocycles. The van der Waals surface area contributed by atoms with Gasteiger partial charge in [0.05, 0.1) is 22.3 Å². The minimum absolute atomic E-state index is 0. The molecule has 0 atom stereocenters. The Morgan fingerprint density at radius 2 is 1.30 bits per heavy atom. The van der Waals surface area contributed by atoms with E-state index < -0.39 is 80.2 Å². The van der Waals surface area contributed by atoms with Crippen LogP contribution in [0.15, 0.2) is 164 Å². The molecule has 0 bridgehead atoms. The Morgan fingerprint density at radius 3 is 2.00 bits per heavy atom. The van der Waals surface area contributed by atoms with Crippen molar-refractivity contribution in [1.29, 1.82) is 0 Å². The number of hydrogen-bond donors (Lipinski definition) is 1. The number of fused-ring (bicyclic) bond motifs is 1. The Balaban J connectivity index is 0.00000920. The van der Waals surface area contributed by atoms with Crippen molar-refractivity contribution < 1.29 is 50.8 Å². The van der Waals surface area contributed by atoms with Gasteiger partial charge in [0.1, 0.15) is 11.6 Å². The molecule has 9 rings (SSSR count). The Kier molecular flexibility index (Phi) is 8.03. The van der Waals surface area contributed by atoms with Crippen LogP contribution in [0.2, 0.25) is 0 Å². The van der Waals surface area contributed by atoms with Crippen LogP contribution in [0.3, 0.4) is 0 Å². The zero-order chi connectivity index (χ0) is 60.6. The SMILES string of the molecule is [2H]C([2H])([2H])C(c1cc(-c2nc3c(-c4[c-]c(-c5cc(-c6ccc(C)cc6)ccn5)cc(-c5ccccc5)c4)cccc3n2-c2ccc(CC(C)C)cc2-c2ccccc2)c(O)c(C(C([2H])([2H])[2H])(C([2H])([2H])[2H])C([2H])([2H])[2H])c1)(C([2H])([2H])[2H])C([2H])([2H])[2H].[Pt]. The van der Waals surface area contributed by atoms with E-state index in [2.05, 4.69) is 6.07 Å². The van der Waals surface area contributed by atoms with Gasteiger partial charge < -0.3 is 5.11 Å². The van der Waals surface area contributed by atoms with Crippen LogP contribution < -0.4 is 0 Å². The van der Waals surface area contributed by atoms with Crippen LogP contribution in [0.25, 0.3) is 83.9 Å². The second kappa shape index (κ2) is 18.5. The first kappa shape index (κ1) is 28.6. The fourth-order valence-electron chi connectivity index (χ4n) is 8.43. The standard InChI is InChI=1S/C61H58N3O.Pt/c1-39(2)31-41-25-28-55(51(32-41)44-19-14-11-15-20-44)64-56-22-16-21-50(57(56)63-59(64)52-37-49(60(4,5)6)38-53(58(52)65)61(7,8)9)47-33-46(42-17-12-10-13-18-42)34-48(35-47)54-36-45(29-30-62-54)43-26-23-40(3)24-27-43;/h10-30,32-34,36-39,65H,31H2,1-9H3;/q-1;/i4D3,5D3,6D3,7D3,8D3,9D3;. The Labute approximate surface area is 431 Å². The molecule has 5 heteroatoms. The monoisotopic (exact) mass is 1060 g/mol. The molecule has 0 aliphatic carbocycles. The van der Waals surface area contributed by atoms with Crippen LogP contribution in [0.4, 0.5) is 0 Å². The first-order valence-electron chi connectivity index (χ1n) is 30.4. The molecule has 1 N–H and O–H groups in total. The van der Waals surface area contributed by atoms with Gasteiger partial charge in [0.2, 0.25) is 0 Å². The first-order chi connectivity index (χ1) is 38.6. The smallest absolute Gasteiger partial charge is 0.148 e. The molecule has 0 radical (unpaired) electrons. The second-order valence-electron chi connectivity index (χ2n) is 17.0. The number of aryl methyl sites for hydroxylation is 1. The molecule has 0 unspecified atom stereocenters. The Morgan fingerprint density at radius 1 is 0.621 bits per heavy atom. The average molecular weight is 1060 g/mol. The van der Waals surface area contributed by atoms with Crippen molar-refractivity contribution in [3.8, 4) is 78.6 Å². The van der Waals surface area contributed by atoms with Gasteiger partial charge in [-0.15, -0.1) is 23.8 Å². The minimum atomic E-state index is -4.14. The molecule has 2 heterocycles. The molecule has 4 nitrogen and oxygen atoms in total. The quantitative estimate of drug-likeness (QED) is 0.147. The zero-order valence-corrected chi connectivity index (χ0v) is 38.8. The molecule has 0 spiro atoms. The number of pyridine rings is 1. The third kappa shape index (κ3) is 9.35. The van der Waals surface area contributed by atoms with Gasteiger partial charge in [-0.3, -0.25) is 9.55 Å². The van der Waals surface area contributed by atoms with Crippen LogP contribution in [0, 0.1) is 18.9 Å². The Bertz CT molecular complexity index is 3790. The number of nitrogens with zero attached hydrogens (tertiary/aromatic N) is 3. The Hall–Kier alpha value is -6.35. The van der Waals surface area contributed by atoms with E-state index in [1.165, 1.54) is 4.57 Å². The summed E-state index contributed by atoms with van der Waals surface area (Å²) < 4.78 is 160. The van der Waals surface area contributed by atoms with Gasteiger partial charge in [0.15, 0.2) is 0 Å². The van der Waals surface area contributed by atoms with Gasteiger partial charge in [-0.2, -0.15) is 0 Å². The zero-order valence-electron chi connectivity index (χ0n) is 54.5. The van der Waals surface area contributed by atoms with Gasteiger partial charge in [0, 0.05) is 68.8 Å². The van der Waals surface area contributed by atoms with Crippen molar-refractivity contribution >= 4 is 11.0 Å². The van der Waals surface area contributed by atoms with Crippen molar-refractivity contribution in [3.05, 3.63) is 192 Å². The molecule has 0 fully saturated rings. The normalized spacial score (nSPS) is 17.0. The fourth-order valence-corrected chi connectivity index (χ4v) is 8.43. The number of imidazole rings is 1. The van der Waals surface area contributed by atoms with Gasteiger partial charge >= 0.3 is 0 Å². The van der Waals surface area contributed by atoms with Crippen molar-refractivity contribution in [2.75, 3.05) is 0 Å². The number of para-hydroxylation sites is 1.